The number of hydrogen-bond acceptors (Lipinski definition) is 3. The first-order valence-corrected chi connectivity index (χ1v) is 10.5. The fraction of sp³-hybridized carbons (Fsp3) is 0.381. The number of rotatable bonds is 6. The van der Waals surface area contributed by atoms with Crippen LogP contribution in [0.2, 0.25) is 0 Å². The van der Waals surface area contributed by atoms with Crippen LogP contribution in [0.15, 0.2) is 42.5 Å². The number of carbonyl (C=O) groups excluding carboxylic acids is 1. The molecule has 1 atom stereocenters. The van der Waals surface area contributed by atoms with Crippen LogP contribution in [0.3, 0.4) is 0 Å². The summed E-state index contributed by atoms with van der Waals surface area (Å²) in [5.41, 5.74) is -3.50. The van der Waals surface area contributed by atoms with Crippen molar-refractivity contribution in [3.63, 3.8) is 0 Å². The summed E-state index contributed by atoms with van der Waals surface area (Å²) in [4.78, 5) is 16.7. The molecule has 1 aliphatic rings. The van der Waals surface area contributed by atoms with Gasteiger partial charge in [0.2, 0.25) is 0 Å². The standard InChI is InChI=1S/C21H22F3IN2O2/c1-3-26(4-2)10-11-27-17-13-15(25)12-16(21(22,23)24)18(17)20(29,19(27)28)14-8-6-5-7-9-14/h5-9,12-13,29H,3-4,10-11H2,1-2H3. The Labute approximate surface area is 181 Å². The maximum Gasteiger partial charge on any atom is 0.416 e. The lowest BCUT2D eigenvalue weighted by Crippen LogP contribution is -2.44. The van der Waals surface area contributed by atoms with Crippen LogP contribution < -0.4 is 4.90 Å². The minimum atomic E-state index is -4.71. The molecule has 0 aromatic heterocycles. The number of anilines is 1. The summed E-state index contributed by atoms with van der Waals surface area (Å²) in [5, 5.41) is 11.5. The Hall–Kier alpha value is -1.65. The van der Waals surface area contributed by atoms with Gasteiger partial charge in [0.1, 0.15) is 0 Å². The molecule has 4 nitrogen and oxygen atoms in total. The molecule has 0 saturated carbocycles. The molecule has 0 saturated heterocycles. The van der Waals surface area contributed by atoms with E-state index in [1.54, 1.807) is 18.2 Å². The number of fused-ring (bicyclic) bond motifs is 1. The second kappa shape index (κ2) is 8.23. The molecular weight excluding hydrogens is 496 g/mol. The Morgan fingerprint density at radius 3 is 2.31 bits per heavy atom. The summed E-state index contributed by atoms with van der Waals surface area (Å²) in [6.45, 7) is 6.17. The van der Waals surface area contributed by atoms with Crippen molar-refractivity contribution in [3.8, 4) is 0 Å². The van der Waals surface area contributed by atoms with Crippen LogP contribution in [-0.4, -0.2) is 42.1 Å². The summed E-state index contributed by atoms with van der Waals surface area (Å²) in [6, 6.07) is 10.4. The highest BCUT2D eigenvalue weighted by molar-refractivity contribution is 14.1. The molecule has 0 fully saturated rings. The van der Waals surface area contributed by atoms with Gasteiger partial charge in [-0.25, -0.2) is 0 Å². The van der Waals surface area contributed by atoms with Crippen LogP contribution in [0.1, 0.15) is 30.5 Å². The fourth-order valence-electron chi connectivity index (χ4n) is 3.77. The summed E-state index contributed by atoms with van der Waals surface area (Å²) in [5.74, 6) is -0.752. The van der Waals surface area contributed by atoms with Crippen molar-refractivity contribution in [3.05, 3.63) is 62.7 Å². The Morgan fingerprint density at radius 2 is 1.76 bits per heavy atom. The van der Waals surface area contributed by atoms with Crippen LogP contribution >= 0.6 is 22.6 Å². The molecule has 1 unspecified atom stereocenters. The molecule has 0 bridgehead atoms. The summed E-state index contributed by atoms with van der Waals surface area (Å²) in [6.07, 6.45) is -4.71. The SMILES string of the molecule is CCN(CC)CCN1C(=O)C(O)(c2ccccc2)c2c1cc(I)cc2C(F)(F)F. The molecule has 156 valence electrons. The van der Waals surface area contributed by atoms with Crippen LogP contribution in [0.25, 0.3) is 0 Å². The van der Waals surface area contributed by atoms with Gasteiger partial charge in [0.25, 0.3) is 5.91 Å². The van der Waals surface area contributed by atoms with Crippen molar-refractivity contribution in [2.24, 2.45) is 0 Å². The van der Waals surface area contributed by atoms with Gasteiger partial charge in [-0.1, -0.05) is 44.2 Å². The quantitative estimate of drug-likeness (QED) is 0.583. The van der Waals surface area contributed by atoms with Gasteiger partial charge in [0.15, 0.2) is 5.60 Å². The number of amides is 1. The Kier molecular flexibility index (Phi) is 6.26. The van der Waals surface area contributed by atoms with Crippen molar-refractivity contribution in [2.45, 2.75) is 25.6 Å². The minimum absolute atomic E-state index is 0.118. The van der Waals surface area contributed by atoms with Crippen LogP contribution in [0.4, 0.5) is 18.9 Å². The normalized spacial score (nSPS) is 19.2. The number of nitrogens with zero attached hydrogens (tertiary/aromatic N) is 2. The average molecular weight is 518 g/mol. The van der Waals surface area contributed by atoms with E-state index in [4.69, 9.17) is 0 Å². The van der Waals surface area contributed by atoms with Crippen molar-refractivity contribution < 1.29 is 23.1 Å². The van der Waals surface area contributed by atoms with E-state index in [1.165, 1.54) is 23.1 Å². The molecule has 1 N–H and O–H groups in total. The smallest absolute Gasteiger partial charge is 0.372 e. The summed E-state index contributed by atoms with van der Waals surface area (Å²) >= 11 is 1.81. The topological polar surface area (TPSA) is 43.8 Å². The van der Waals surface area contributed by atoms with Crippen molar-refractivity contribution >= 4 is 34.2 Å². The van der Waals surface area contributed by atoms with Gasteiger partial charge in [-0.2, -0.15) is 13.2 Å². The van der Waals surface area contributed by atoms with Crippen LogP contribution in [0.5, 0.6) is 0 Å². The first kappa shape index (κ1) is 22.0. The van der Waals surface area contributed by atoms with E-state index < -0.39 is 23.2 Å². The van der Waals surface area contributed by atoms with Gasteiger partial charge in [-0.15, -0.1) is 0 Å². The van der Waals surface area contributed by atoms with Gasteiger partial charge in [0.05, 0.1) is 11.3 Å². The molecule has 8 heteroatoms. The van der Waals surface area contributed by atoms with Crippen molar-refractivity contribution in [1.82, 2.24) is 4.90 Å². The molecule has 1 aliphatic heterocycles. The van der Waals surface area contributed by atoms with Gasteiger partial charge in [0, 0.05) is 22.2 Å². The summed E-state index contributed by atoms with van der Waals surface area (Å²) in [7, 11) is 0. The number of aliphatic hydroxyl groups is 1. The lowest BCUT2D eigenvalue weighted by atomic mass is 9.84. The molecule has 0 aliphatic carbocycles. The number of alkyl halides is 3. The van der Waals surface area contributed by atoms with Gasteiger partial charge in [-0.3, -0.25) is 4.79 Å². The number of carbonyl (C=O) groups is 1. The first-order chi connectivity index (χ1) is 13.6. The Morgan fingerprint density at radius 1 is 1.14 bits per heavy atom. The zero-order valence-corrected chi connectivity index (χ0v) is 18.3. The third-order valence-electron chi connectivity index (χ3n) is 5.32. The van der Waals surface area contributed by atoms with Crippen LogP contribution in [-0.2, 0) is 16.6 Å². The zero-order chi connectivity index (χ0) is 21.4. The van der Waals surface area contributed by atoms with Gasteiger partial charge < -0.3 is 14.9 Å². The number of halogens is 4. The molecule has 1 amide bonds. The van der Waals surface area contributed by atoms with E-state index in [9.17, 15) is 23.1 Å². The molecule has 0 radical (unpaired) electrons. The van der Waals surface area contributed by atoms with Crippen LogP contribution in [0, 0.1) is 3.57 Å². The highest BCUT2D eigenvalue weighted by atomic mass is 127. The lowest BCUT2D eigenvalue weighted by Gasteiger charge is -2.26. The highest BCUT2D eigenvalue weighted by Crippen LogP contribution is 2.50. The molecule has 2 aromatic rings. The van der Waals surface area contributed by atoms with E-state index in [0.717, 1.165) is 19.2 Å². The van der Waals surface area contributed by atoms with E-state index in [2.05, 4.69) is 4.90 Å². The first-order valence-electron chi connectivity index (χ1n) is 9.38. The maximum atomic E-state index is 13.9. The molecule has 0 spiro atoms. The third-order valence-corrected chi connectivity index (χ3v) is 5.94. The van der Waals surface area contributed by atoms with E-state index >= 15 is 0 Å². The molecular formula is C21H22F3IN2O2. The lowest BCUT2D eigenvalue weighted by molar-refractivity contribution is -0.142. The maximum absolute atomic E-state index is 13.9. The molecule has 2 aromatic carbocycles. The molecule has 1 heterocycles. The van der Waals surface area contributed by atoms with E-state index in [-0.39, 0.29) is 23.4 Å². The van der Waals surface area contributed by atoms with Gasteiger partial charge >= 0.3 is 6.18 Å². The number of hydrogen-bond donors (Lipinski definition) is 1. The second-order valence-corrected chi connectivity index (χ2v) is 8.15. The highest BCUT2D eigenvalue weighted by Gasteiger charge is 2.55. The average Bonchev–Trinajstić information content (AvgIpc) is 2.90. The van der Waals surface area contributed by atoms with Crippen molar-refractivity contribution in [1.29, 1.82) is 0 Å². The van der Waals surface area contributed by atoms with Crippen molar-refractivity contribution in [2.75, 3.05) is 31.1 Å². The predicted molar refractivity (Wildman–Crippen MR) is 114 cm³/mol. The molecule has 3 rings (SSSR count). The largest absolute Gasteiger partial charge is 0.416 e. The Balaban J connectivity index is 2.21. The minimum Gasteiger partial charge on any atom is -0.372 e. The van der Waals surface area contributed by atoms with Gasteiger partial charge in [-0.05, 0) is 53.4 Å². The van der Waals surface area contributed by atoms with E-state index in [0.29, 0.717) is 10.1 Å². The van der Waals surface area contributed by atoms with E-state index in [1.807, 2.05) is 36.4 Å². The third kappa shape index (κ3) is 3.89. The number of likely N-dealkylation sites (N-methyl/N-ethyl adjacent to an activating group) is 1. The summed E-state index contributed by atoms with van der Waals surface area (Å²) < 4.78 is 42.1. The fourth-order valence-corrected chi connectivity index (χ4v) is 4.38. The zero-order valence-electron chi connectivity index (χ0n) is 16.1. The molecule has 29 heavy (non-hydrogen) atoms. The second-order valence-electron chi connectivity index (χ2n) is 6.91. The number of benzene rings is 2. The monoisotopic (exact) mass is 518 g/mol. The Bertz CT molecular complexity index is 901. The predicted octanol–water partition coefficient (Wildman–Crippen LogP) is 4.23.